The van der Waals surface area contributed by atoms with Gasteiger partial charge in [-0.05, 0) is 42.3 Å². The molecule has 7 heteroatoms. The zero-order chi connectivity index (χ0) is 22.6. The van der Waals surface area contributed by atoms with Crippen LogP contribution in [0.15, 0.2) is 84.0 Å². The average Bonchev–Trinajstić information content (AvgIpc) is 3.06. The van der Waals surface area contributed by atoms with Gasteiger partial charge in [0.15, 0.2) is 0 Å². The van der Waals surface area contributed by atoms with Gasteiger partial charge >= 0.3 is 6.03 Å². The number of hydrogen-bond donors (Lipinski definition) is 1. The Hall–Kier alpha value is -4.13. The number of imide groups is 1. The van der Waals surface area contributed by atoms with Crippen LogP contribution in [0.2, 0.25) is 0 Å². The zero-order valence-corrected chi connectivity index (χ0v) is 17.8. The highest BCUT2D eigenvalue weighted by atomic mass is 16.5. The van der Waals surface area contributed by atoms with E-state index < -0.39 is 17.5 Å². The van der Waals surface area contributed by atoms with E-state index in [2.05, 4.69) is 10.4 Å². The Kier molecular flexibility index (Phi) is 5.89. The highest BCUT2D eigenvalue weighted by molar-refractivity contribution is 6.07. The predicted octanol–water partition coefficient (Wildman–Crippen LogP) is 4.08. The van der Waals surface area contributed by atoms with Crippen LogP contribution in [-0.2, 0) is 16.9 Å². The summed E-state index contributed by atoms with van der Waals surface area (Å²) in [6.45, 7) is 2.05. The molecule has 1 fully saturated rings. The lowest BCUT2D eigenvalue weighted by Gasteiger charge is -2.21. The molecule has 1 saturated heterocycles. The van der Waals surface area contributed by atoms with Crippen molar-refractivity contribution in [3.63, 3.8) is 0 Å². The fraction of sp³-hybridized carbons (Fsp3) is 0.160. The van der Waals surface area contributed by atoms with Crippen LogP contribution in [0.3, 0.4) is 0 Å². The summed E-state index contributed by atoms with van der Waals surface area (Å²) in [6, 6.07) is 23.5. The highest BCUT2D eigenvalue weighted by Crippen LogP contribution is 2.30. The maximum absolute atomic E-state index is 13.1. The van der Waals surface area contributed by atoms with Crippen molar-refractivity contribution >= 4 is 18.2 Å². The van der Waals surface area contributed by atoms with Crippen molar-refractivity contribution in [1.29, 1.82) is 0 Å². The number of rotatable bonds is 7. The molecule has 1 heterocycles. The molecule has 162 valence electrons. The van der Waals surface area contributed by atoms with Crippen molar-refractivity contribution < 1.29 is 19.1 Å². The van der Waals surface area contributed by atoms with Gasteiger partial charge in [-0.15, -0.1) is 5.01 Å². The van der Waals surface area contributed by atoms with E-state index in [1.807, 2.05) is 54.6 Å². The van der Waals surface area contributed by atoms with E-state index in [-0.39, 0.29) is 0 Å². The minimum atomic E-state index is -1.22. The molecule has 1 N–H and O–H groups in total. The Morgan fingerprint density at radius 2 is 1.66 bits per heavy atom. The molecule has 1 atom stereocenters. The predicted molar refractivity (Wildman–Crippen MR) is 121 cm³/mol. The number of ether oxygens (including phenoxy) is 2. The van der Waals surface area contributed by atoms with Gasteiger partial charge in [-0.25, -0.2) is 4.79 Å². The number of nitrogens with one attached hydrogen (secondary N) is 1. The van der Waals surface area contributed by atoms with E-state index in [4.69, 9.17) is 9.47 Å². The number of amides is 3. The molecule has 3 aromatic rings. The lowest BCUT2D eigenvalue weighted by molar-refractivity contribution is -0.131. The molecule has 0 bridgehead atoms. The van der Waals surface area contributed by atoms with E-state index in [1.54, 1.807) is 38.3 Å². The second kappa shape index (κ2) is 8.93. The van der Waals surface area contributed by atoms with Gasteiger partial charge in [-0.3, -0.25) is 4.79 Å². The lowest BCUT2D eigenvalue weighted by atomic mass is 9.92. The maximum Gasteiger partial charge on any atom is 0.346 e. The van der Waals surface area contributed by atoms with E-state index >= 15 is 0 Å². The number of nitrogens with zero attached hydrogens (tertiary/aromatic N) is 2. The average molecular weight is 429 g/mol. The summed E-state index contributed by atoms with van der Waals surface area (Å²) in [5, 5.41) is 7.75. The van der Waals surface area contributed by atoms with E-state index in [0.717, 1.165) is 10.6 Å². The van der Waals surface area contributed by atoms with Crippen LogP contribution in [0.4, 0.5) is 4.79 Å². The minimum absolute atomic E-state index is 0.393. The summed E-state index contributed by atoms with van der Waals surface area (Å²) >= 11 is 0. The molecule has 3 aromatic carbocycles. The quantitative estimate of drug-likeness (QED) is 0.453. The number of carbonyl (C=O) groups is 2. The Morgan fingerprint density at radius 1 is 0.969 bits per heavy atom. The van der Waals surface area contributed by atoms with Crippen molar-refractivity contribution in [1.82, 2.24) is 10.3 Å². The van der Waals surface area contributed by atoms with Gasteiger partial charge in [0.05, 0.1) is 13.3 Å². The molecule has 0 radical (unpaired) electrons. The van der Waals surface area contributed by atoms with Gasteiger partial charge in [0.25, 0.3) is 5.91 Å². The first-order chi connectivity index (χ1) is 15.5. The summed E-state index contributed by atoms with van der Waals surface area (Å²) in [6.07, 6.45) is 1.46. The first kappa shape index (κ1) is 21.1. The number of methoxy groups -OCH3 is 1. The molecule has 4 rings (SSSR count). The van der Waals surface area contributed by atoms with Crippen molar-refractivity contribution in [3.05, 3.63) is 95.6 Å². The molecule has 0 aliphatic carbocycles. The molecule has 0 spiro atoms. The third-order valence-electron chi connectivity index (χ3n) is 5.31. The standard InChI is InChI=1S/C25H23N3O4/c1-25(20-12-14-21(31-2)15-13-20)23(29)28(24(30)27-25)26-16-19-10-6-7-11-22(19)32-17-18-8-4-3-5-9-18/h3-16H,17H2,1-2H3,(H,27,30)/b26-16+. The molecule has 1 unspecified atom stereocenters. The van der Waals surface area contributed by atoms with Crippen molar-refractivity contribution in [2.75, 3.05) is 7.11 Å². The minimum Gasteiger partial charge on any atom is -0.497 e. The SMILES string of the molecule is COc1ccc(C2(C)NC(=O)N(/N=C/c3ccccc3OCc3ccccc3)C2=O)cc1. The molecule has 3 amide bonds. The molecule has 0 aromatic heterocycles. The second-order valence-electron chi connectivity index (χ2n) is 7.46. The maximum atomic E-state index is 13.1. The summed E-state index contributed by atoms with van der Waals surface area (Å²) in [7, 11) is 1.57. The topological polar surface area (TPSA) is 80.2 Å². The van der Waals surface area contributed by atoms with Crippen LogP contribution in [-0.4, -0.2) is 30.3 Å². The first-order valence-corrected chi connectivity index (χ1v) is 10.1. The van der Waals surface area contributed by atoms with Gasteiger partial charge in [-0.1, -0.05) is 54.6 Å². The molecule has 1 aliphatic heterocycles. The molecule has 32 heavy (non-hydrogen) atoms. The number of carbonyl (C=O) groups excluding carboxylic acids is 2. The monoisotopic (exact) mass is 429 g/mol. The van der Waals surface area contributed by atoms with E-state index in [0.29, 0.717) is 29.2 Å². The highest BCUT2D eigenvalue weighted by Gasteiger charge is 2.49. The van der Waals surface area contributed by atoms with Crippen molar-refractivity contribution in [2.24, 2.45) is 5.10 Å². The summed E-state index contributed by atoms with van der Waals surface area (Å²) in [5.41, 5.74) is 1.11. The van der Waals surface area contributed by atoms with Gasteiger partial charge in [0.1, 0.15) is 23.6 Å². The van der Waals surface area contributed by atoms with Gasteiger partial charge in [0, 0.05) is 5.56 Å². The van der Waals surface area contributed by atoms with Gasteiger partial charge in [0.2, 0.25) is 0 Å². The zero-order valence-electron chi connectivity index (χ0n) is 17.8. The Labute approximate surface area is 186 Å². The normalized spacial score (nSPS) is 18.1. The third-order valence-corrected chi connectivity index (χ3v) is 5.31. The smallest absolute Gasteiger partial charge is 0.346 e. The van der Waals surface area contributed by atoms with Crippen LogP contribution in [0, 0.1) is 0 Å². The van der Waals surface area contributed by atoms with Crippen LogP contribution < -0.4 is 14.8 Å². The van der Waals surface area contributed by atoms with E-state index in [1.165, 1.54) is 6.21 Å². The van der Waals surface area contributed by atoms with Crippen LogP contribution in [0.5, 0.6) is 11.5 Å². The van der Waals surface area contributed by atoms with Crippen LogP contribution >= 0.6 is 0 Å². The number of hydrazone groups is 1. The van der Waals surface area contributed by atoms with Gasteiger partial charge in [-0.2, -0.15) is 5.10 Å². The van der Waals surface area contributed by atoms with Crippen molar-refractivity contribution in [2.45, 2.75) is 19.1 Å². The van der Waals surface area contributed by atoms with Crippen LogP contribution in [0.1, 0.15) is 23.6 Å². The van der Waals surface area contributed by atoms with Gasteiger partial charge < -0.3 is 14.8 Å². The second-order valence-corrected chi connectivity index (χ2v) is 7.46. The molecule has 1 aliphatic rings. The largest absolute Gasteiger partial charge is 0.497 e. The van der Waals surface area contributed by atoms with Crippen LogP contribution in [0.25, 0.3) is 0 Å². The number of para-hydroxylation sites is 1. The Bertz CT molecular complexity index is 1150. The Balaban J connectivity index is 1.52. The molecular formula is C25H23N3O4. The molecular weight excluding hydrogens is 406 g/mol. The number of hydrogen-bond acceptors (Lipinski definition) is 5. The summed E-state index contributed by atoms with van der Waals surface area (Å²) in [4.78, 5) is 25.6. The Morgan fingerprint density at radius 3 is 2.38 bits per heavy atom. The molecule has 7 nitrogen and oxygen atoms in total. The summed E-state index contributed by atoms with van der Waals surface area (Å²) in [5.74, 6) is 0.799. The summed E-state index contributed by atoms with van der Waals surface area (Å²) < 4.78 is 11.1. The number of urea groups is 1. The fourth-order valence-corrected chi connectivity index (χ4v) is 3.42. The fourth-order valence-electron chi connectivity index (χ4n) is 3.42. The number of benzene rings is 3. The van der Waals surface area contributed by atoms with E-state index in [9.17, 15) is 9.59 Å². The molecule has 0 saturated carbocycles. The lowest BCUT2D eigenvalue weighted by Crippen LogP contribution is -2.40. The first-order valence-electron chi connectivity index (χ1n) is 10.1. The van der Waals surface area contributed by atoms with Crippen molar-refractivity contribution in [3.8, 4) is 11.5 Å². The third kappa shape index (κ3) is 4.18.